The first kappa shape index (κ1) is 18.4. The Bertz CT molecular complexity index is 914. The van der Waals surface area contributed by atoms with Gasteiger partial charge >= 0.3 is 0 Å². The molecule has 3 rings (SSSR count). The molecule has 0 aliphatic carbocycles. The van der Waals surface area contributed by atoms with Crippen molar-refractivity contribution in [2.45, 2.75) is 12.1 Å². The molecular formula is C17H16BrN5O2S. The summed E-state index contributed by atoms with van der Waals surface area (Å²) in [6.45, 7) is 1.97. The van der Waals surface area contributed by atoms with Crippen LogP contribution < -0.4 is 10.1 Å². The lowest BCUT2D eigenvalue weighted by Crippen LogP contribution is -2.14. The number of nitrogens with zero attached hydrogens (tertiary/aromatic N) is 4. The number of nitrogens with one attached hydrogen (secondary N) is 1. The summed E-state index contributed by atoms with van der Waals surface area (Å²) in [5.74, 6) is 0.826. The maximum absolute atomic E-state index is 12.2. The number of tetrazole rings is 1. The number of aromatic nitrogens is 4. The number of halogens is 1. The summed E-state index contributed by atoms with van der Waals surface area (Å²) in [5, 5.41) is 15.1. The van der Waals surface area contributed by atoms with Crippen molar-refractivity contribution >= 4 is 39.3 Å². The second-order valence-electron chi connectivity index (χ2n) is 5.37. The lowest BCUT2D eigenvalue weighted by molar-refractivity contribution is -0.113. The van der Waals surface area contributed by atoms with Gasteiger partial charge in [-0.25, -0.2) is 0 Å². The Kier molecular flexibility index (Phi) is 5.89. The number of carbonyl (C=O) groups is 1. The van der Waals surface area contributed by atoms with Crippen molar-refractivity contribution in [1.29, 1.82) is 0 Å². The fourth-order valence-electron chi connectivity index (χ4n) is 2.20. The van der Waals surface area contributed by atoms with Crippen LogP contribution in [-0.4, -0.2) is 39.0 Å². The molecule has 9 heteroatoms. The third-order valence-electron chi connectivity index (χ3n) is 3.53. The van der Waals surface area contributed by atoms with E-state index in [0.29, 0.717) is 5.16 Å². The van der Waals surface area contributed by atoms with Gasteiger partial charge in [-0.05, 0) is 65.4 Å². The second kappa shape index (κ2) is 8.33. The van der Waals surface area contributed by atoms with E-state index in [1.807, 2.05) is 49.4 Å². The first-order chi connectivity index (χ1) is 12.6. The first-order valence-corrected chi connectivity index (χ1v) is 9.46. The highest BCUT2D eigenvalue weighted by molar-refractivity contribution is 9.10. The zero-order valence-electron chi connectivity index (χ0n) is 14.1. The zero-order chi connectivity index (χ0) is 18.5. The van der Waals surface area contributed by atoms with Crippen molar-refractivity contribution in [2.75, 3.05) is 18.2 Å². The molecule has 0 bridgehead atoms. The molecule has 0 saturated heterocycles. The Balaban J connectivity index is 1.63. The van der Waals surface area contributed by atoms with Crippen molar-refractivity contribution in [3.8, 4) is 11.4 Å². The van der Waals surface area contributed by atoms with E-state index >= 15 is 0 Å². The van der Waals surface area contributed by atoms with E-state index in [2.05, 4.69) is 36.8 Å². The minimum Gasteiger partial charge on any atom is -0.497 e. The van der Waals surface area contributed by atoms with Crippen LogP contribution in [0.15, 0.2) is 52.1 Å². The van der Waals surface area contributed by atoms with Crippen LogP contribution in [0, 0.1) is 6.92 Å². The highest BCUT2D eigenvalue weighted by atomic mass is 79.9. The van der Waals surface area contributed by atoms with Gasteiger partial charge in [0.25, 0.3) is 0 Å². The van der Waals surface area contributed by atoms with E-state index < -0.39 is 0 Å². The number of methoxy groups -OCH3 is 1. The van der Waals surface area contributed by atoms with Crippen molar-refractivity contribution < 1.29 is 9.53 Å². The number of benzene rings is 2. The molecule has 1 amide bonds. The topological polar surface area (TPSA) is 81.9 Å². The Labute approximate surface area is 163 Å². The summed E-state index contributed by atoms with van der Waals surface area (Å²) < 4.78 is 7.73. The number of anilines is 1. The van der Waals surface area contributed by atoms with Gasteiger partial charge in [0, 0.05) is 10.2 Å². The number of hydrogen-bond donors (Lipinski definition) is 1. The number of thioether (sulfide) groups is 1. The van der Waals surface area contributed by atoms with Crippen LogP contribution in [0.1, 0.15) is 5.56 Å². The molecule has 7 nitrogen and oxygen atoms in total. The largest absolute Gasteiger partial charge is 0.497 e. The average Bonchev–Trinajstić information content (AvgIpc) is 3.12. The van der Waals surface area contributed by atoms with Crippen LogP contribution in [0.4, 0.5) is 5.69 Å². The SMILES string of the molecule is COc1ccc(-n2nnnc2SCC(=O)Nc2ccc(Br)c(C)c2)cc1. The Morgan fingerprint density at radius 1 is 1.27 bits per heavy atom. The van der Waals surface area contributed by atoms with E-state index in [-0.39, 0.29) is 11.7 Å². The lowest BCUT2D eigenvalue weighted by atomic mass is 10.2. The van der Waals surface area contributed by atoms with Crippen molar-refractivity contribution in [3.05, 3.63) is 52.5 Å². The average molecular weight is 434 g/mol. The molecule has 0 radical (unpaired) electrons. The van der Waals surface area contributed by atoms with Crippen LogP contribution >= 0.6 is 27.7 Å². The molecule has 1 heterocycles. The summed E-state index contributed by atoms with van der Waals surface area (Å²) in [4.78, 5) is 12.2. The van der Waals surface area contributed by atoms with E-state index in [1.165, 1.54) is 11.8 Å². The molecule has 26 heavy (non-hydrogen) atoms. The summed E-state index contributed by atoms with van der Waals surface area (Å²) in [6.07, 6.45) is 0. The number of ether oxygens (including phenoxy) is 1. The van der Waals surface area contributed by atoms with Crippen LogP contribution in [0.25, 0.3) is 5.69 Å². The molecular weight excluding hydrogens is 418 g/mol. The minimum atomic E-state index is -0.124. The minimum absolute atomic E-state index is 0.124. The highest BCUT2D eigenvalue weighted by Crippen LogP contribution is 2.22. The molecule has 0 aliphatic rings. The summed E-state index contributed by atoms with van der Waals surface area (Å²) >= 11 is 4.71. The molecule has 3 aromatic rings. The molecule has 1 N–H and O–H groups in total. The number of carbonyl (C=O) groups excluding carboxylic acids is 1. The number of hydrogen-bond acceptors (Lipinski definition) is 6. The quantitative estimate of drug-likeness (QED) is 0.599. The molecule has 0 aliphatic heterocycles. The third-order valence-corrected chi connectivity index (χ3v) is 5.34. The number of aryl methyl sites for hydroxylation is 1. The van der Waals surface area contributed by atoms with Crippen LogP contribution in [0.2, 0.25) is 0 Å². The Morgan fingerprint density at radius 3 is 2.73 bits per heavy atom. The smallest absolute Gasteiger partial charge is 0.234 e. The summed E-state index contributed by atoms with van der Waals surface area (Å²) in [5.41, 5.74) is 2.60. The van der Waals surface area contributed by atoms with Gasteiger partial charge in [0.05, 0.1) is 18.6 Å². The molecule has 0 atom stereocenters. The predicted octanol–water partition coefficient (Wildman–Crippen LogP) is 3.47. The molecule has 0 saturated carbocycles. The van der Waals surface area contributed by atoms with E-state index in [9.17, 15) is 4.79 Å². The van der Waals surface area contributed by atoms with Gasteiger partial charge in [0.1, 0.15) is 5.75 Å². The zero-order valence-corrected chi connectivity index (χ0v) is 16.5. The van der Waals surface area contributed by atoms with Crippen molar-refractivity contribution in [2.24, 2.45) is 0 Å². The van der Waals surface area contributed by atoms with Crippen molar-refractivity contribution in [1.82, 2.24) is 20.2 Å². The molecule has 1 aromatic heterocycles. The summed E-state index contributed by atoms with van der Waals surface area (Å²) in [7, 11) is 1.61. The predicted molar refractivity (Wildman–Crippen MR) is 104 cm³/mol. The fourth-order valence-corrected chi connectivity index (χ4v) is 3.14. The first-order valence-electron chi connectivity index (χ1n) is 7.68. The second-order valence-corrected chi connectivity index (χ2v) is 7.17. The number of rotatable bonds is 6. The maximum atomic E-state index is 12.2. The standard InChI is InChI=1S/C17H16BrN5O2S/c1-11-9-12(3-8-15(11)18)19-16(24)10-26-17-20-21-22-23(17)13-4-6-14(25-2)7-5-13/h3-9H,10H2,1-2H3,(H,19,24). The van der Waals surface area contributed by atoms with Gasteiger partial charge in [-0.1, -0.05) is 27.7 Å². The molecule has 0 fully saturated rings. The fraction of sp³-hybridized carbons (Fsp3) is 0.176. The highest BCUT2D eigenvalue weighted by Gasteiger charge is 2.12. The van der Waals surface area contributed by atoms with E-state index in [0.717, 1.165) is 27.2 Å². The van der Waals surface area contributed by atoms with Gasteiger partial charge in [0.15, 0.2) is 0 Å². The van der Waals surface area contributed by atoms with E-state index in [1.54, 1.807) is 11.8 Å². The third kappa shape index (κ3) is 4.41. The Morgan fingerprint density at radius 2 is 2.04 bits per heavy atom. The van der Waals surface area contributed by atoms with Crippen LogP contribution in [0.5, 0.6) is 5.75 Å². The molecule has 134 valence electrons. The van der Waals surface area contributed by atoms with Gasteiger partial charge in [-0.3, -0.25) is 4.79 Å². The number of amides is 1. The molecule has 2 aromatic carbocycles. The maximum Gasteiger partial charge on any atom is 0.234 e. The van der Waals surface area contributed by atoms with Crippen molar-refractivity contribution in [3.63, 3.8) is 0 Å². The molecule has 0 spiro atoms. The lowest BCUT2D eigenvalue weighted by Gasteiger charge is -2.07. The van der Waals surface area contributed by atoms with Gasteiger partial charge in [-0.2, -0.15) is 4.68 Å². The molecule has 0 unspecified atom stereocenters. The monoisotopic (exact) mass is 433 g/mol. The van der Waals surface area contributed by atoms with Crippen LogP contribution in [0.3, 0.4) is 0 Å². The summed E-state index contributed by atoms with van der Waals surface area (Å²) in [6, 6.07) is 13.0. The van der Waals surface area contributed by atoms with Gasteiger partial charge in [0.2, 0.25) is 11.1 Å². The normalized spacial score (nSPS) is 10.6. The van der Waals surface area contributed by atoms with E-state index in [4.69, 9.17) is 4.74 Å². The van der Waals surface area contributed by atoms with Crippen LogP contribution in [-0.2, 0) is 4.79 Å². The van der Waals surface area contributed by atoms with Gasteiger partial charge in [-0.15, -0.1) is 5.10 Å². The Hall–Kier alpha value is -2.39. The van der Waals surface area contributed by atoms with Gasteiger partial charge < -0.3 is 10.1 Å².